The van der Waals surface area contributed by atoms with Crippen molar-refractivity contribution in [2.45, 2.75) is 88.6 Å². The van der Waals surface area contributed by atoms with Crippen LogP contribution in [0.3, 0.4) is 0 Å². The summed E-state index contributed by atoms with van der Waals surface area (Å²) in [5.74, 6) is 0.122. The van der Waals surface area contributed by atoms with Gasteiger partial charge in [-0.2, -0.15) is 9.97 Å². The van der Waals surface area contributed by atoms with Gasteiger partial charge in [0.15, 0.2) is 5.82 Å². The Morgan fingerprint density at radius 2 is 1.93 bits per heavy atom. The quantitative estimate of drug-likeness (QED) is 0.286. The van der Waals surface area contributed by atoms with Gasteiger partial charge in [-0.3, -0.25) is 4.90 Å². The molecule has 240 valence electrons. The third-order valence-electron chi connectivity index (χ3n) is 11.7. The van der Waals surface area contributed by atoms with Gasteiger partial charge in [-0.1, -0.05) is 31.2 Å². The summed E-state index contributed by atoms with van der Waals surface area (Å²) < 4.78 is 53.0. The highest BCUT2D eigenvalue weighted by atomic mass is 19.1. The lowest BCUT2D eigenvalue weighted by molar-refractivity contribution is 0.107. The van der Waals surface area contributed by atoms with Crippen molar-refractivity contribution in [3.05, 3.63) is 53.2 Å². The lowest BCUT2D eigenvalue weighted by atomic mass is 9.85. The number of ether oxygens (including phenoxy) is 1. The third kappa shape index (κ3) is 4.28. The Labute approximate surface area is 266 Å². The Kier molecular flexibility index (Phi) is 6.55. The molecule has 0 unspecified atom stereocenters. The largest absolute Gasteiger partial charge is 0.461 e. The molecule has 5 aliphatic rings. The van der Waals surface area contributed by atoms with Crippen molar-refractivity contribution in [1.29, 1.82) is 0 Å². The maximum absolute atomic E-state index is 17.1. The molecule has 2 bridgehead atoms. The van der Waals surface area contributed by atoms with Gasteiger partial charge in [0, 0.05) is 43.2 Å². The molecule has 9 rings (SSSR count). The fraction of sp³-hybridized carbons (Fsp3) is 0.528. The minimum Gasteiger partial charge on any atom is -0.461 e. The Morgan fingerprint density at radius 3 is 2.83 bits per heavy atom. The van der Waals surface area contributed by atoms with Gasteiger partial charge in [0.1, 0.15) is 35.6 Å². The first-order valence-electron chi connectivity index (χ1n) is 16.9. The van der Waals surface area contributed by atoms with Crippen LogP contribution in [0.25, 0.3) is 32.9 Å². The smallest absolute Gasteiger partial charge is 0.319 e. The van der Waals surface area contributed by atoms with Gasteiger partial charge in [0.2, 0.25) is 0 Å². The van der Waals surface area contributed by atoms with E-state index in [4.69, 9.17) is 19.7 Å². The maximum Gasteiger partial charge on any atom is 0.319 e. The predicted molar refractivity (Wildman–Crippen MR) is 172 cm³/mol. The summed E-state index contributed by atoms with van der Waals surface area (Å²) in [5.41, 5.74) is 1.72. The summed E-state index contributed by atoms with van der Waals surface area (Å²) in [6.45, 7) is 6.33. The number of nitrogens with zero attached hydrogens (tertiary/aromatic N) is 5. The van der Waals surface area contributed by atoms with Crippen molar-refractivity contribution < 1.29 is 17.9 Å². The summed E-state index contributed by atoms with van der Waals surface area (Å²) in [7, 11) is 0. The number of halogens is 3. The average molecular weight is 629 g/mol. The van der Waals surface area contributed by atoms with Gasteiger partial charge in [-0.15, -0.1) is 0 Å². The molecule has 4 fully saturated rings. The number of fused-ring (bicyclic) bond motifs is 7. The minimum atomic E-state index is -0.879. The lowest BCUT2D eigenvalue weighted by Crippen LogP contribution is -2.61. The number of hydrogen-bond acceptors (Lipinski definition) is 7. The number of rotatable bonds is 4. The van der Waals surface area contributed by atoms with Gasteiger partial charge < -0.3 is 15.0 Å². The predicted octanol–water partition coefficient (Wildman–Crippen LogP) is 6.28. The van der Waals surface area contributed by atoms with Crippen LogP contribution in [0.4, 0.5) is 19.0 Å². The number of piperazine rings is 1. The van der Waals surface area contributed by atoms with Gasteiger partial charge in [-0.05, 0) is 80.3 Å². The first-order valence-corrected chi connectivity index (χ1v) is 16.9. The molecule has 0 saturated carbocycles. The first kappa shape index (κ1) is 28.7. The van der Waals surface area contributed by atoms with Crippen molar-refractivity contribution in [2.24, 2.45) is 5.92 Å². The summed E-state index contributed by atoms with van der Waals surface area (Å²) in [6, 6.07) is 9.75. The molecule has 10 heteroatoms. The molecular formula is C36H39F3N6O. The van der Waals surface area contributed by atoms with Gasteiger partial charge in [-0.25, -0.2) is 18.2 Å². The molecule has 0 amide bonds. The van der Waals surface area contributed by atoms with Crippen molar-refractivity contribution in [3.8, 4) is 17.3 Å². The van der Waals surface area contributed by atoms with E-state index in [9.17, 15) is 8.78 Å². The highest BCUT2D eigenvalue weighted by Gasteiger charge is 2.50. The van der Waals surface area contributed by atoms with E-state index in [1.807, 2.05) is 18.2 Å². The van der Waals surface area contributed by atoms with E-state index in [0.29, 0.717) is 65.1 Å². The Bertz CT molecular complexity index is 1890. The molecule has 4 saturated heterocycles. The highest BCUT2D eigenvalue weighted by molar-refractivity contribution is 6.01. The fourth-order valence-corrected chi connectivity index (χ4v) is 9.52. The Balaban J connectivity index is 1.25. The number of pyridine rings is 1. The minimum absolute atomic E-state index is 0.117. The fourth-order valence-electron chi connectivity index (χ4n) is 9.52. The zero-order valence-electron chi connectivity index (χ0n) is 26.3. The van der Waals surface area contributed by atoms with Crippen LogP contribution in [0.2, 0.25) is 0 Å². The van der Waals surface area contributed by atoms with Crippen LogP contribution in [-0.2, 0) is 6.42 Å². The van der Waals surface area contributed by atoms with Gasteiger partial charge >= 0.3 is 6.01 Å². The molecule has 6 atom stereocenters. The molecule has 0 aliphatic carbocycles. The van der Waals surface area contributed by atoms with E-state index in [2.05, 4.69) is 22.0 Å². The van der Waals surface area contributed by atoms with E-state index in [-0.39, 0.29) is 41.2 Å². The van der Waals surface area contributed by atoms with Crippen LogP contribution in [0.15, 0.2) is 30.3 Å². The third-order valence-corrected chi connectivity index (χ3v) is 11.7. The Hall–Kier alpha value is -3.50. The summed E-state index contributed by atoms with van der Waals surface area (Å²) >= 11 is 0. The van der Waals surface area contributed by atoms with E-state index in [1.165, 1.54) is 6.07 Å². The molecule has 2 aromatic carbocycles. The molecule has 1 N–H and O–H groups in total. The molecule has 4 aromatic rings. The van der Waals surface area contributed by atoms with Gasteiger partial charge in [0.05, 0.1) is 16.6 Å². The normalized spacial score (nSPS) is 30.5. The van der Waals surface area contributed by atoms with Crippen LogP contribution < -0.4 is 15.0 Å². The molecule has 5 aliphatic heterocycles. The number of anilines is 1. The number of alkyl halides is 1. The van der Waals surface area contributed by atoms with Crippen molar-refractivity contribution >= 4 is 27.5 Å². The number of nitrogens with one attached hydrogen (secondary N) is 1. The van der Waals surface area contributed by atoms with Crippen LogP contribution in [0.1, 0.15) is 56.7 Å². The van der Waals surface area contributed by atoms with Crippen LogP contribution in [0.5, 0.6) is 6.01 Å². The van der Waals surface area contributed by atoms with E-state index in [0.717, 1.165) is 56.3 Å². The Morgan fingerprint density at radius 1 is 1.04 bits per heavy atom. The SMILES string of the molecule is Cc1c(F)ccc2cccc(-c3nc4c5c(nc(OC[C@@]67CCCN6C[C@H](F)C7)nc5c3F)N3C[C@H]5CC[C@H](N5)[C@@H]3[C@H](C)CC4)c12. The van der Waals surface area contributed by atoms with Crippen LogP contribution in [0, 0.1) is 24.5 Å². The number of benzene rings is 2. The number of aryl methyl sites for hydroxylation is 2. The van der Waals surface area contributed by atoms with Crippen molar-refractivity contribution in [3.63, 3.8) is 0 Å². The lowest BCUT2D eigenvalue weighted by Gasteiger charge is -2.46. The van der Waals surface area contributed by atoms with Crippen molar-refractivity contribution in [1.82, 2.24) is 25.2 Å². The second kappa shape index (κ2) is 10.5. The average Bonchev–Trinajstić information content (AvgIpc) is 3.71. The topological polar surface area (TPSA) is 66.4 Å². The first-order chi connectivity index (χ1) is 22.3. The summed E-state index contributed by atoms with van der Waals surface area (Å²) in [6.07, 6.45) is 5.15. The number of hydrogen-bond donors (Lipinski definition) is 1. The van der Waals surface area contributed by atoms with E-state index >= 15 is 4.39 Å². The zero-order chi connectivity index (χ0) is 31.3. The molecule has 7 heterocycles. The summed E-state index contributed by atoms with van der Waals surface area (Å²) in [4.78, 5) is 19.4. The van der Waals surface area contributed by atoms with E-state index in [1.54, 1.807) is 13.0 Å². The second-order valence-corrected chi connectivity index (χ2v) is 14.4. The zero-order valence-corrected chi connectivity index (χ0v) is 26.3. The van der Waals surface area contributed by atoms with Gasteiger partial charge in [0.25, 0.3) is 0 Å². The molecule has 7 nitrogen and oxygen atoms in total. The molecule has 0 spiro atoms. The van der Waals surface area contributed by atoms with Crippen molar-refractivity contribution in [2.75, 3.05) is 31.1 Å². The molecular weight excluding hydrogens is 589 g/mol. The van der Waals surface area contributed by atoms with Crippen LogP contribution in [-0.4, -0.2) is 75.9 Å². The molecule has 2 aromatic heterocycles. The molecule has 46 heavy (non-hydrogen) atoms. The summed E-state index contributed by atoms with van der Waals surface area (Å²) in [5, 5.41) is 5.93. The monoisotopic (exact) mass is 628 g/mol. The maximum atomic E-state index is 17.1. The highest BCUT2D eigenvalue weighted by Crippen LogP contribution is 2.44. The number of aromatic nitrogens is 3. The van der Waals surface area contributed by atoms with Crippen LogP contribution >= 0.6 is 0 Å². The van der Waals surface area contributed by atoms with E-state index < -0.39 is 12.0 Å². The second-order valence-electron chi connectivity index (χ2n) is 14.4. The standard InChI is InChI=1S/C36H39F3N6O/c1-19-7-11-26-29-32(30(39)31(41-26)24-6-3-5-21-8-10-25(38)20(2)28(21)24)42-35(46-18-36-13-4-14-44(36)16-22(37)15-36)43-34(29)45-17-23-9-12-27(40-23)33(19)45/h3,5-6,8,10,19,22-23,27,33,40H,4,7,9,11-18H2,1-2H3/t19-,22-,23-,27+,33+,36+/m1/s1. The molecule has 0 radical (unpaired) electrons.